The molecule has 0 heterocycles. The summed E-state index contributed by atoms with van der Waals surface area (Å²) in [4.78, 5) is 24.8. The van der Waals surface area contributed by atoms with Crippen molar-refractivity contribution in [2.45, 2.75) is 64.0 Å². The monoisotopic (exact) mass is 496 g/mol. The quantitative estimate of drug-likeness (QED) is 0.151. The molecule has 6 N–H and O–H groups in total. The summed E-state index contributed by atoms with van der Waals surface area (Å²) >= 11 is 0. The van der Waals surface area contributed by atoms with Crippen LogP contribution < -0.4 is 26.3 Å². The number of rotatable bonds is 12. The molecule has 0 atom stereocenters. The molecule has 1 amide bonds. The lowest BCUT2D eigenvalue weighted by Gasteiger charge is -2.27. The molecule has 1 fully saturated rings. The van der Waals surface area contributed by atoms with E-state index in [0.717, 1.165) is 25.7 Å². The van der Waals surface area contributed by atoms with Crippen LogP contribution in [0.5, 0.6) is 17.2 Å². The number of amidine groups is 1. The molecular formula is C27H36N4O5. The molecule has 9 heteroatoms. The zero-order valence-electron chi connectivity index (χ0n) is 20.8. The summed E-state index contributed by atoms with van der Waals surface area (Å²) < 4.78 is 17.1. The summed E-state index contributed by atoms with van der Waals surface area (Å²) in [5.41, 5.74) is 12.5. The maximum atomic E-state index is 13.2. The van der Waals surface area contributed by atoms with Gasteiger partial charge in [-0.3, -0.25) is 15.0 Å². The van der Waals surface area contributed by atoms with Gasteiger partial charge in [-0.15, -0.1) is 0 Å². The molecule has 1 aliphatic rings. The number of nitrogens with one attached hydrogen (secondary N) is 2. The van der Waals surface area contributed by atoms with E-state index in [2.05, 4.69) is 5.32 Å². The first kappa shape index (κ1) is 27.0. The number of carbonyl (C=O) groups is 2. The number of amides is 1. The molecule has 0 spiro atoms. The average Bonchev–Trinajstić information content (AvgIpc) is 2.86. The van der Waals surface area contributed by atoms with Crippen molar-refractivity contribution in [2.75, 3.05) is 13.2 Å². The van der Waals surface area contributed by atoms with Crippen LogP contribution in [0.1, 0.15) is 67.8 Å². The van der Waals surface area contributed by atoms with Gasteiger partial charge in [0.2, 0.25) is 0 Å². The summed E-state index contributed by atoms with van der Waals surface area (Å²) in [5, 5.41) is 10.7. The van der Waals surface area contributed by atoms with Crippen molar-refractivity contribution in [3.63, 3.8) is 0 Å². The van der Waals surface area contributed by atoms with Gasteiger partial charge in [-0.2, -0.15) is 0 Å². The molecule has 0 saturated heterocycles. The minimum absolute atomic E-state index is 0.0413. The maximum Gasteiger partial charge on any atom is 0.305 e. The van der Waals surface area contributed by atoms with Gasteiger partial charge >= 0.3 is 5.97 Å². The van der Waals surface area contributed by atoms with E-state index in [1.807, 2.05) is 0 Å². The maximum absolute atomic E-state index is 13.2. The lowest BCUT2D eigenvalue weighted by atomic mass is 9.91. The van der Waals surface area contributed by atoms with Gasteiger partial charge in [0.15, 0.2) is 11.5 Å². The van der Waals surface area contributed by atoms with E-state index in [9.17, 15) is 9.59 Å². The topological polar surface area (TPSA) is 150 Å². The Morgan fingerprint density at radius 1 is 1.06 bits per heavy atom. The normalized spacial score (nSPS) is 17.2. The van der Waals surface area contributed by atoms with E-state index in [4.69, 9.17) is 31.1 Å². The Hall–Kier alpha value is -3.59. The van der Waals surface area contributed by atoms with Crippen molar-refractivity contribution in [2.24, 2.45) is 11.5 Å². The zero-order chi connectivity index (χ0) is 25.9. The minimum Gasteiger partial charge on any atom is -0.490 e. The average molecular weight is 497 g/mol. The molecule has 3 rings (SSSR count). The molecule has 194 valence electrons. The number of ether oxygens (including phenoxy) is 3. The number of hydrogen-bond acceptors (Lipinski definition) is 7. The Kier molecular flexibility index (Phi) is 10.1. The molecule has 0 bridgehead atoms. The van der Waals surface area contributed by atoms with E-state index >= 15 is 0 Å². The van der Waals surface area contributed by atoms with Crippen LogP contribution >= 0.6 is 0 Å². The summed E-state index contributed by atoms with van der Waals surface area (Å²) in [5.74, 6) is 0.719. The SMILES string of the molecule is CCOC(=O)CCCCOc1cccc(C(=O)NC2CCC(N)CC2)c1Oc1ccc(C(=N)N)cc1. The number of hydrogen-bond donors (Lipinski definition) is 4. The van der Waals surface area contributed by atoms with Gasteiger partial charge in [0.05, 0.1) is 18.8 Å². The van der Waals surface area contributed by atoms with E-state index in [0.29, 0.717) is 60.9 Å². The number of esters is 1. The van der Waals surface area contributed by atoms with Crippen molar-refractivity contribution < 1.29 is 23.8 Å². The van der Waals surface area contributed by atoms with Gasteiger partial charge in [0.1, 0.15) is 11.6 Å². The second kappa shape index (κ2) is 13.5. The van der Waals surface area contributed by atoms with Crippen molar-refractivity contribution in [3.05, 3.63) is 53.6 Å². The molecule has 1 saturated carbocycles. The third-order valence-electron chi connectivity index (χ3n) is 6.05. The van der Waals surface area contributed by atoms with E-state index in [1.54, 1.807) is 49.4 Å². The molecule has 0 aromatic heterocycles. The predicted molar refractivity (Wildman–Crippen MR) is 138 cm³/mol. The highest BCUT2D eigenvalue weighted by Crippen LogP contribution is 2.36. The molecule has 0 aliphatic heterocycles. The van der Waals surface area contributed by atoms with Gasteiger partial charge in [-0.05, 0) is 81.8 Å². The van der Waals surface area contributed by atoms with Crippen molar-refractivity contribution in [1.82, 2.24) is 5.32 Å². The fourth-order valence-corrected chi connectivity index (χ4v) is 4.05. The van der Waals surface area contributed by atoms with Gasteiger partial charge in [0.25, 0.3) is 5.91 Å². The third kappa shape index (κ3) is 7.98. The Bertz CT molecular complexity index is 1030. The first-order chi connectivity index (χ1) is 17.4. The van der Waals surface area contributed by atoms with Crippen molar-refractivity contribution in [1.29, 1.82) is 5.41 Å². The highest BCUT2D eigenvalue weighted by Gasteiger charge is 2.24. The summed E-state index contributed by atoms with van der Waals surface area (Å²) in [6.45, 7) is 2.50. The summed E-state index contributed by atoms with van der Waals surface area (Å²) in [6, 6.07) is 12.2. The summed E-state index contributed by atoms with van der Waals surface area (Å²) in [6.07, 6.45) is 5.04. The molecular weight excluding hydrogens is 460 g/mol. The van der Waals surface area contributed by atoms with Gasteiger partial charge < -0.3 is 31.0 Å². The number of unbranched alkanes of at least 4 members (excludes halogenated alkanes) is 1. The molecule has 36 heavy (non-hydrogen) atoms. The molecule has 9 nitrogen and oxygen atoms in total. The second-order valence-electron chi connectivity index (χ2n) is 8.87. The van der Waals surface area contributed by atoms with Crippen LogP contribution in [0.15, 0.2) is 42.5 Å². The molecule has 0 radical (unpaired) electrons. The standard InChI is InChI=1S/C27H36N4O5/c1-2-34-24(32)8-3-4-17-35-23-7-5-6-22(27(33)31-20-13-11-19(28)12-14-20)25(23)36-21-15-9-18(10-16-21)26(29)30/h5-7,9-10,15-16,19-20H,2-4,8,11-14,17,28H2,1H3,(H3,29,30)(H,31,33). The first-order valence-electron chi connectivity index (χ1n) is 12.5. The number of para-hydroxylation sites is 1. The van der Waals surface area contributed by atoms with Crippen molar-refractivity contribution in [3.8, 4) is 17.2 Å². The largest absolute Gasteiger partial charge is 0.490 e. The third-order valence-corrected chi connectivity index (χ3v) is 6.05. The van der Waals surface area contributed by atoms with Gasteiger partial charge in [-0.1, -0.05) is 6.07 Å². The Morgan fingerprint density at radius 2 is 1.78 bits per heavy atom. The smallest absolute Gasteiger partial charge is 0.305 e. The second-order valence-corrected chi connectivity index (χ2v) is 8.87. The van der Waals surface area contributed by atoms with Crippen LogP contribution in [0.25, 0.3) is 0 Å². The minimum atomic E-state index is -0.237. The number of benzene rings is 2. The van der Waals surface area contributed by atoms with Crippen LogP contribution in [-0.4, -0.2) is 43.0 Å². The highest BCUT2D eigenvalue weighted by atomic mass is 16.5. The Balaban J connectivity index is 1.74. The van der Waals surface area contributed by atoms with Crippen LogP contribution in [0.3, 0.4) is 0 Å². The molecule has 1 aliphatic carbocycles. The number of nitrogens with two attached hydrogens (primary N) is 2. The Morgan fingerprint density at radius 3 is 2.44 bits per heavy atom. The Labute approximate surface area is 212 Å². The van der Waals surface area contributed by atoms with Crippen LogP contribution in [-0.2, 0) is 9.53 Å². The van der Waals surface area contributed by atoms with E-state index < -0.39 is 0 Å². The van der Waals surface area contributed by atoms with Crippen molar-refractivity contribution >= 4 is 17.7 Å². The molecule has 0 unspecified atom stereocenters. The first-order valence-corrected chi connectivity index (χ1v) is 12.5. The predicted octanol–water partition coefficient (Wildman–Crippen LogP) is 3.87. The van der Waals surface area contributed by atoms with Crippen LogP contribution in [0.4, 0.5) is 0 Å². The number of nitrogen functional groups attached to an aromatic ring is 1. The lowest BCUT2D eigenvalue weighted by molar-refractivity contribution is -0.143. The van der Waals surface area contributed by atoms with Gasteiger partial charge in [0, 0.05) is 24.1 Å². The highest BCUT2D eigenvalue weighted by molar-refractivity contribution is 5.98. The fraction of sp³-hybridized carbons (Fsp3) is 0.444. The van der Waals surface area contributed by atoms with Gasteiger partial charge in [-0.25, -0.2) is 0 Å². The van der Waals surface area contributed by atoms with E-state index in [1.165, 1.54) is 0 Å². The number of carbonyl (C=O) groups excluding carboxylic acids is 2. The lowest BCUT2D eigenvalue weighted by Crippen LogP contribution is -2.40. The van der Waals surface area contributed by atoms with Crippen LogP contribution in [0, 0.1) is 5.41 Å². The molecule has 2 aromatic carbocycles. The fourth-order valence-electron chi connectivity index (χ4n) is 4.05. The molecule has 2 aromatic rings. The van der Waals surface area contributed by atoms with E-state index in [-0.39, 0.29) is 29.8 Å². The van der Waals surface area contributed by atoms with Crippen LogP contribution in [0.2, 0.25) is 0 Å². The summed E-state index contributed by atoms with van der Waals surface area (Å²) in [7, 11) is 0. The zero-order valence-corrected chi connectivity index (χ0v) is 20.8.